The molecule has 1 unspecified atom stereocenters. The molecule has 4 nitrogen and oxygen atoms in total. The van der Waals surface area contributed by atoms with E-state index in [1.165, 1.54) is 0 Å². The van der Waals surface area contributed by atoms with Crippen LogP contribution in [0.15, 0.2) is 18.2 Å². The van der Waals surface area contributed by atoms with Crippen molar-refractivity contribution < 1.29 is 14.6 Å². The molecule has 112 valence electrons. The van der Waals surface area contributed by atoms with Gasteiger partial charge in [0.15, 0.2) is 6.10 Å². The number of amides is 1. The summed E-state index contributed by atoms with van der Waals surface area (Å²) in [6, 6.07) is 4.78. The van der Waals surface area contributed by atoms with Crippen LogP contribution >= 0.6 is 23.2 Å². The smallest absolute Gasteiger partial charge is 0.261 e. The maximum Gasteiger partial charge on any atom is 0.261 e. The van der Waals surface area contributed by atoms with Gasteiger partial charge in [0.2, 0.25) is 0 Å². The lowest BCUT2D eigenvalue weighted by molar-refractivity contribution is -0.130. The van der Waals surface area contributed by atoms with E-state index in [1.807, 2.05) is 6.92 Å². The van der Waals surface area contributed by atoms with Crippen molar-refractivity contribution in [1.82, 2.24) is 5.32 Å². The van der Waals surface area contributed by atoms with Crippen LogP contribution in [-0.2, 0) is 4.79 Å². The van der Waals surface area contributed by atoms with Gasteiger partial charge in [-0.1, -0.05) is 30.1 Å². The van der Waals surface area contributed by atoms with E-state index in [2.05, 4.69) is 5.32 Å². The predicted molar refractivity (Wildman–Crippen MR) is 80.5 cm³/mol. The minimum Gasteiger partial charge on any atom is -0.481 e. The molecule has 1 aromatic rings. The van der Waals surface area contributed by atoms with Crippen LogP contribution < -0.4 is 10.1 Å². The van der Waals surface area contributed by atoms with Gasteiger partial charge in [-0.25, -0.2) is 0 Å². The van der Waals surface area contributed by atoms with Crippen molar-refractivity contribution in [2.45, 2.75) is 38.8 Å². The number of carbonyl (C=O) groups excluding carboxylic acids is 1. The maximum atomic E-state index is 12.1. The molecule has 1 atom stereocenters. The summed E-state index contributed by atoms with van der Waals surface area (Å²) in [5.74, 6) is 0.147. The Bertz CT molecular complexity index is 457. The second-order valence-corrected chi connectivity index (χ2v) is 6.02. The van der Waals surface area contributed by atoms with Gasteiger partial charge in [-0.2, -0.15) is 0 Å². The van der Waals surface area contributed by atoms with Gasteiger partial charge in [0.05, 0.1) is 12.1 Å². The third-order valence-corrected chi connectivity index (χ3v) is 3.07. The fourth-order valence-electron chi connectivity index (χ4n) is 1.54. The van der Waals surface area contributed by atoms with Crippen LogP contribution in [0, 0.1) is 0 Å². The molecule has 1 amide bonds. The summed E-state index contributed by atoms with van der Waals surface area (Å²) in [7, 11) is 0. The number of aliphatic hydroxyl groups is 1. The second-order valence-electron chi connectivity index (χ2n) is 5.15. The molecule has 0 fully saturated rings. The van der Waals surface area contributed by atoms with Crippen LogP contribution in [0.1, 0.15) is 27.2 Å². The van der Waals surface area contributed by atoms with Crippen molar-refractivity contribution >= 4 is 29.1 Å². The van der Waals surface area contributed by atoms with E-state index in [0.717, 1.165) is 0 Å². The Balaban J connectivity index is 2.78. The fourth-order valence-corrected chi connectivity index (χ4v) is 2.04. The zero-order valence-electron chi connectivity index (χ0n) is 11.7. The number of benzene rings is 1. The highest BCUT2D eigenvalue weighted by molar-refractivity contribution is 6.34. The van der Waals surface area contributed by atoms with Gasteiger partial charge in [0.25, 0.3) is 5.91 Å². The van der Waals surface area contributed by atoms with Gasteiger partial charge in [-0.3, -0.25) is 4.79 Å². The van der Waals surface area contributed by atoms with E-state index < -0.39 is 11.6 Å². The molecule has 0 heterocycles. The molecule has 0 aromatic heterocycles. The summed E-state index contributed by atoms with van der Waals surface area (Å²) in [4.78, 5) is 12.1. The number of halogens is 2. The highest BCUT2D eigenvalue weighted by Crippen LogP contribution is 2.25. The van der Waals surface area contributed by atoms with E-state index in [-0.39, 0.29) is 12.5 Å². The molecule has 1 rings (SSSR count). The van der Waals surface area contributed by atoms with Crippen LogP contribution in [0.25, 0.3) is 0 Å². The minimum atomic E-state index is -0.695. The quantitative estimate of drug-likeness (QED) is 0.847. The molecular formula is C14H19Cl2NO3. The number of aliphatic hydroxyl groups excluding tert-OH is 1. The van der Waals surface area contributed by atoms with Gasteiger partial charge in [-0.05, 0) is 38.5 Å². The van der Waals surface area contributed by atoms with Crippen molar-refractivity contribution in [2.75, 3.05) is 6.61 Å². The van der Waals surface area contributed by atoms with Crippen LogP contribution in [-0.4, -0.2) is 29.3 Å². The first-order valence-electron chi connectivity index (χ1n) is 6.33. The third-order valence-electron chi connectivity index (χ3n) is 2.63. The van der Waals surface area contributed by atoms with Crippen LogP contribution in [0.4, 0.5) is 0 Å². The standard InChI is InChI=1S/C14H19Cl2NO3/c1-4-12(13(19)17-14(2,3)8-18)20-11-6-9(15)5-10(16)7-11/h5-7,12,18H,4,8H2,1-3H3,(H,17,19). The number of carbonyl (C=O) groups is 1. The van der Waals surface area contributed by atoms with Crippen LogP contribution in [0.2, 0.25) is 10.0 Å². The van der Waals surface area contributed by atoms with Gasteiger partial charge in [0.1, 0.15) is 5.75 Å². The Morgan fingerprint density at radius 2 is 1.90 bits per heavy atom. The van der Waals surface area contributed by atoms with Crippen molar-refractivity contribution in [3.05, 3.63) is 28.2 Å². The van der Waals surface area contributed by atoms with Gasteiger partial charge >= 0.3 is 0 Å². The van der Waals surface area contributed by atoms with E-state index in [9.17, 15) is 4.79 Å². The molecule has 0 bridgehead atoms. The number of hydrogen-bond donors (Lipinski definition) is 2. The zero-order chi connectivity index (χ0) is 15.3. The van der Waals surface area contributed by atoms with Crippen molar-refractivity contribution in [2.24, 2.45) is 0 Å². The molecule has 20 heavy (non-hydrogen) atoms. The molecule has 2 N–H and O–H groups in total. The van der Waals surface area contributed by atoms with Gasteiger partial charge < -0.3 is 15.2 Å². The third kappa shape index (κ3) is 5.19. The van der Waals surface area contributed by atoms with E-state index in [0.29, 0.717) is 22.2 Å². The summed E-state index contributed by atoms with van der Waals surface area (Å²) in [6.07, 6.45) is -0.187. The first kappa shape index (κ1) is 17.1. The Labute approximate surface area is 129 Å². The lowest BCUT2D eigenvalue weighted by atomic mass is 10.1. The SMILES string of the molecule is CCC(Oc1cc(Cl)cc(Cl)c1)C(=O)NC(C)(C)CO. The molecule has 0 saturated carbocycles. The summed E-state index contributed by atoms with van der Waals surface area (Å²) < 4.78 is 5.61. The molecule has 0 aliphatic rings. The average Bonchev–Trinajstić information content (AvgIpc) is 2.34. The number of nitrogens with one attached hydrogen (secondary N) is 1. The van der Waals surface area contributed by atoms with Crippen LogP contribution in [0.5, 0.6) is 5.75 Å². The van der Waals surface area contributed by atoms with Gasteiger partial charge in [0, 0.05) is 10.0 Å². The van der Waals surface area contributed by atoms with Crippen LogP contribution in [0.3, 0.4) is 0 Å². The summed E-state index contributed by atoms with van der Waals surface area (Å²) >= 11 is 11.8. The molecule has 6 heteroatoms. The maximum absolute atomic E-state index is 12.1. The van der Waals surface area contributed by atoms with Crippen molar-refractivity contribution in [1.29, 1.82) is 0 Å². The van der Waals surface area contributed by atoms with Gasteiger partial charge in [-0.15, -0.1) is 0 Å². The minimum absolute atomic E-state index is 0.155. The number of hydrogen-bond acceptors (Lipinski definition) is 3. The average molecular weight is 320 g/mol. The Morgan fingerprint density at radius 1 is 1.35 bits per heavy atom. The Morgan fingerprint density at radius 3 is 2.35 bits per heavy atom. The number of ether oxygens (including phenoxy) is 1. The Kier molecular flexibility index (Phi) is 6.11. The summed E-state index contributed by atoms with van der Waals surface area (Å²) in [5.41, 5.74) is -0.695. The highest BCUT2D eigenvalue weighted by atomic mass is 35.5. The second kappa shape index (κ2) is 7.16. The fraction of sp³-hybridized carbons (Fsp3) is 0.500. The van der Waals surface area contributed by atoms with E-state index in [1.54, 1.807) is 32.0 Å². The van der Waals surface area contributed by atoms with E-state index in [4.69, 9.17) is 33.0 Å². The zero-order valence-corrected chi connectivity index (χ0v) is 13.3. The molecule has 0 aliphatic heterocycles. The van der Waals surface area contributed by atoms with Crippen molar-refractivity contribution in [3.63, 3.8) is 0 Å². The topological polar surface area (TPSA) is 58.6 Å². The summed E-state index contributed by atoms with van der Waals surface area (Å²) in [5, 5.41) is 12.8. The summed E-state index contributed by atoms with van der Waals surface area (Å²) in [6.45, 7) is 5.14. The van der Waals surface area contributed by atoms with E-state index >= 15 is 0 Å². The highest BCUT2D eigenvalue weighted by Gasteiger charge is 2.25. The number of rotatable bonds is 6. The molecule has 0 saturated heterocycles. The molecule has 0 radical (unpaired) electrons. The molecular weight excluding hydrogens is 301 g/mol. The lowest BCUT2D eigenvalue weighted by Gasteiger charge is -2.26. The molecule has 0 spiro atoms. The predicted octanol–water partition coefficient (Wildman–Crippen LogP) is 3.04. The normalized spacial score (nSPS) is 12.9. The largest absolute Gasteiger partial charge is 0.481 e. The molecule has 0 aliphatic carbocycles. The monoisotopic (exact) mass is 319 g/mol. The first-order valence-corrected chi connectivity index (χ1v) is 7.08. The molecule has 1 aromatic carbocycles. The Hall–Kier alpha value is -0.970. The van der Waals surface area contributed by atoms with Crippen molar-refractivity contribution in [3.8, 4) is 5.75 Å². The lowest BCUT2D eigenvalue weighted by Crippen LogP contribution is -2.51. The first-order chi connectivity index (χ1) is 9.27.